The van der Waals surface area contributed by atoms with Gasteiger partial charge in [-0.25, -0.2) is 0 Å². The summed E-state index contributed by atoms with van der Waals surface area (Å²) in [5.74, 6) is -0.476. The summed E-state index contributed by atoms with van der Waals surface area (Å²) in [7, 11) is 0. The van der Waals surface area contributed by atoms with E-state index in [0.717, 1.165) is 14.7 Å². The monoisotopic (exact) mass is 533 g/mol. The standard InChI is InChI=1S/C18H16Br2F3N5O/c1-10-15(20)16(18(21,22)23)26-28(10)11(2)17(29)25-14-5-3-4-12(6-14)8-27-9-13(19)7-24-27/h3-7,9,11H,8H2,1-2H3,(H,25,29). The van der Waals surface area contributed by atoms with Gasteiger partial charge in [-0.15, -0.1) is 0 Å². The van der Waals surface area contributed by atoms with Crippen LogP contribution in [0, 0.1) is 6.92 Å². The molecule has 1 N–H and O–H groups in total. The van der Waals surface area contributed by atoms with Crippen molar-refractivity contribution in [2.75, 3.05) is 5.32 Å². The fourth-order valence-electron chi connectivity index (χ4n) is 2.77. The number of carbonyl (C=O) groups excluding carboxylic acids is 1. The summed E-state index contributed by atoms with van der Waals surface area (Å²) in [5.41, 5.74) is 0.605. The van der Waals surface area contributed by atoms with Crippen LogP contribution in [0.4, 0.5) is 18.9 Å². The minimum absolute atomic E-state index is 0.169. The number of alkyl halides is 3. The summed E-state index contributed by atoms with van der Waals surface area (Å²) in [6.07, 6.45) is -1.11. The van der Waals surface area contributed by atoms with Gasteiger partial charge in [0.1, 0.15) is 6.04 Å². The molecule has 0 fully saturated rings. The van der Waals surface area contributed by atoms with Crippen molar-refractivity contribution >= 4 is 43.5 Å². The van der Waals surface area contributed by atoms with Crippen LogP contribution in [-0.4, -0.2) is 25.5 Å². The molecule has 0 aliphatic carbocycles. The Morgan fingerprint density at radius 2 is 2.03 bits per heavy atom. The number of anilines is 1. The maximum Gasteiger partial charge on any atom is 0.436 e. The molecule has 1 unspecified atom stereocenters. The summed E-state index contributed by atoms with van der Waals surface area (Å²) in [6, 6.07) is 6.23. The van der Waals surface area contributed by atoms with Crippen LogP contribution in [0.5, 0.6) is 0 Å². The van der Waals surface area contributed by atoms with Crippen molar-refractivity contribution in [1.29, 1.82) is 0 Å². The van der Waals surface area contributed by atoms with Gasteiger partial charge in [-0.05, 0) is 63.4 Å². The Hall–Kier alpha value is -2.14. The number of benzene rings is 1. The molecule has 2 heterocycles. The van der Waals surface area contributed by atoms with Crippen molar-refractivity contribution in [2.45, 2.75) is 32.6 Å². The zero-order valence-corrected chi connectivity index (χ0v) is 18.5. The van der Waals surface area contributed by atoms with Gasteiger partial charge in [0.15, 0.2) is 5.69 Å². The highest BCUT2D eigenvalue weighted by atomic mass is 79.9. The highest BCUT2D eigenvalue weighted by Crippen LogP contribution is 2.36. The number of aromatic nitrogens is 4. The molecule has 0 saturated heterocycles. The number of carbonyl (C=O) groups is 1. The molecule has 0 aliphatic heterocycles. The molecule has 154 valence electrons. The number of hydrogen-bond acceptors (Lipinski definition) is 3. The first kappa shape index (κ1) is 21.6. The molecule has 0 saturated carbocycles. The van der Waals surface area contributed by atoms with Gasteiger partial charge in [0, 0.05) is 11.9 Å². The van der Waals surface area contributed by atoms with Crippen LogP contribution in [-0.2, 0) is 17.5 Å². The lowest BCUT2D eigenvalue weighted by atomic mass is 10.2. The zero-order valence-electron chi connectivity index (χ0n) is 15.3. The van der Waals surface area contributed by atoms with E-state index in [1.165, 1.54) is 13.8 Å². The second-order valence-corrected chi connectivity index (χ2v) is 8.12. The van der Waals surface area contributed by atoms with Crippen molar-refractivity contribution < 1.29 is 18.0 Å². The van der Waals surface area contributed by atoms with Crippen LogP contribution in [0.25, 0.3) is 0 Å². The summed E-state index contributed by atoms with van der Waals surface area (Å²) in [4.78, 5) is 12.6. The van der Waals surface area contributed by atoms with Gasteiger partial charge in [-0.3, -0.25) is 14.2 Å². The second-order valence-electron chi connectivity index (χ2n) is 6.41. The molecule has 29 heavy (non-hydrogen) atoms. The smallest absolute Gasteiger partial charge is 0.324 e. The summed E-state index contributed by atoms with van der Waals surface area (Å²) in [6.45, 7) is 3.47. The van der Waals surface area contributed by atoms with E-state index in [4.69, 9.17) is 0 Å². The Kier molecular flexibility index (Phi) is 6.18. The number of amides is 1. The summed E-state index contributed by atoms with van der Waals surface area (Å²) in [5, 5.41) is 10.5. The SMILES string of the molecule is Cc1c(Br)c(C(F)(F)F)nn1C(C)C(=O)Nc1cccc(Cn2cc(Br)cn2)c1. The highest BCUT2D eigenvalue weighted by Gasteiger charge is 2.38. The third kappa shape index (κ3) is 4.89. The lowest BCUT2D eigenvalue weighted by Gasteiger charge is -2.15. The molecule has 6 nitrogen and oxygen atoms in total. The largest absolute Gasteiger partial charge is 0.436 e. The molecule has 0 aliphatic rings. The average molecular weight is 535 g/mol. The number of rotatable bonds is 5. The van der Waals surface area contributed by atoms with E-state index in [1.54, 1.807) is 29.1 Å². The molecular weight excluding hydrogens is 519 g/mol. The van der Waals surface area contributed by atoms with E-state index in [9.17, 15) is 18.0 Å². The molecular formula is C18H16Br2F3N5O. The van der Waals surface area contributed by atoms with Crippen LogP contribution in [0.3, 0.4) is 0 Å². The van der Waals surface area contributed by atoms with Gasteiger partial charge < -0.3 is 5.32 Å². The zero-order chi connectivity index (χ0) is 21.3. The van der Waals surface area contributed by atoms with E-state index in [1.807, 2.05) is 12.3 Å². The maximum absolute atomic E-state index is 13.1. The Labute approximate surface area is 181 Å². The lowest BCUT2D eigenvalue weighted by Crippen LogP contribution is -2.25. The molecule has 3 aromatic rings. The Morgan fingerprint density at radius 3 is 2.62 bits per heavy atom. The molecule has 1 aromatic carbocycles. The predicted molar refractivity (Wildman–Crippen MR) is 108 cm³/mol. The minimum atomic E-state index is -4.61. The normalized spacial score (nSPS) is 12.8. The first-order valence-electron chi connectivity index (χ1n) is 8.46. The second kappa shape index (κ2) is 8.31. The van der Waals surface area contributed by atoms with E-state index < -0.39 is 23.8 Å². The molecule has 3 rings (SSSR count). The van der Waals surface area contributed by atoms with E-state index in [0.29, 0.717) is 12.2 Å². The number of nitrogens with one attached hydrogen (secondary N) is 1. The fraction of sp³-hybridized carbons (Fsp3) is 0.278. The van der Waals surface area contributed by atoms with Gasteiger partial charge in [-0.1, -0.05) is 12.1 Å². The Balaban J connectivity index is 1.76. The molecule has 1 atom stereocenters. The topological polar surface area (TPSA) is 64.7 Å². The summed E-state index contributed by atoms with van der Waals surface area (Å²) < 4.78 is 42.7. The highest BCUT2D eigenvalue weighted by molar-refractivity contribution is 9.10. The van der Waals surface area contributed by atoms with Crippen LogP contribution in [0.2, 0.25) is 0 Å². The van der Waals surface area contributed by atoms with Crippen LogP contribution < -0.4 is 5.32 Å². The van der Waals surface area contributed by atoms with Crippen LogP contribution in [0.1, 0.15) is 29.9 Å². The quantitative estimate of drug-likeness (QED) is 0.490. The van der Waals surface area contributed by atoms with Crippen LogP contribution >= 0.6 is 31.9 Å². The van der Waals surface area contributed by atoms with Gasteiger partial charge in [0.05, 0.1) is 27.4 Å². The Bertz CT molecular complexity index is 1040. The molecule has 1 amide bonds. The van der Waals surface area contributed by atoms with Crippen molar-refractivity contribution in [1.82, 2.24) is 19.6 Å². The average Bonchev–Trinajstić information content (AvgIpc) is 3.18. The Morgan fingerprint density at radius 1 is 1.31 bits per heavy atom. The number of hydrogen-bond donors (Lipinski definition) is 1. The maximum atomic E-state index is 13.1. The van der Waals surface area contributed by atoms with Crippen molar-refractivity contribution in [3.05, 3.63) is 62.6 Å². The third-order valence-corrected chi connectivity index (χ3v) is 5.59. The van der Waals surface area contributed by atoms with Gasteiger partial charge in [-0.2, -0.15) is 23.4 Å². The van der Waals surface area contributed by atoms with E-state index in [2.05, 4.69) is 47.4 Å². The first-order valence-corrected chi connectivity index (χ1v) is 10.0. The molecule has 0 bridgehead atoms. The number of halogens is 5. The van der Waals surface area contributed by atoms with Crippen molar-refractivity contribution in [3.8, 4) is 0 Å². The lowest BCUT2D eigenvalue weighted by molar-refractivity contribution is -0.142. The van der Waals surface area contributed by atoms with E-state index in [-0.39, 0.29) is 10.2 Å². The van der Waals surface area contributed by atoms with Gasteiger partial charge in [0.25, 0.3) is 0 Å². The molecule has 2 aromatic heterocycles. The number of nitrogens with zero attached hydrogens (tertiary/aromatic N) is 4. The van der Waals surface area contributed by atoms with Crippen molar-refractivity contribution in [3.63, 3.8) is 0 Å². The summed E-state index contributed by atoms with van der Waals surface area (Å²) >= 11 is 6.25. The molecule has 0 radical (unpaired) electrons. The fourth-order valence-corrected chi connectivity index (χ4v) is 3.59. The van der Waals surface area contributed by atoms with Crippen molar-refractivity contribution in [2.24, 2.45) is 0 Å². The predicted octanol–water partition coefficient (Wildman–Crippen LogP) is 5.18. The minimum Gasteiger partial charge on any atom is -0.324 e. The molecule has 0 spiro atoms. The van der Waals surface area contributed by atoms with E-state index >= 15 is 0 Å². The van der Waals surface area contributed by atoms with Crippen LogP contribution in [0.15, 0.2) is 45.6 Å². The van der Waals surface area contributed by atoms with Gasteiger partial charge in [0.2, 0.25) is 5.91 Å². The van der Waals surface area contributed by atoms with Gasteiger partial charge >= 0.3 is 6.18 Å². The third-order valence-electron chi connectivity index (χ3n) is 4.23. The molecule has 11 heteroatoms. The first-order chi connectivity index (χ1) is 13.6.